The Morgan fingerprint density at radius 3 is 2.33 bits per heavy atom. The lowest BCUT2D eigenvalue weighted by atomic mass is 10.2. The minimum Gasteiger partial charge on any atom is -0.264 e. The third-order valence-corrected chi connectivity index (χ3v) is 5.50. The van der Waals surface area contributed by atoms with Crippen molar-refractivity contribution in [3.05, 3.63) is 59.9 Å². The van der Waals surface area contributed by atoms with E-state index in [2.05, 4.69) is 4.98 Å². The van der Waals surface area contributed by atoms with Gasteiger partial charge in [-0.25, -0.2) is 8.42 Å². The van der Waals surface area contributed by atoms with Crippen molar-refractivity contribution in [1.82, 2.24) is 9.29 Å². The standard InChI is InChI=1S/C16H17F3N2O2S/c1-12(2)21(11-13-6-5-9-20-10-13)24(22,23)15-8-4-3-7-14(15)16(17,18)19/h3-10,12H,11H2,1-2H3. The smallest absolute Gasteiger partial charge is 0.264 e. The predicted octanol–water partition coefficient (Wildman–Crippen LogP) is 3.70. The SMILES string of the molecule is CC(C)N(Cc1cccnc1)S(=O)(=O)c1ccccc1C(F)(F)F. The van der Waals surface area contributed by atoms with Gasteiger partial charge in [0.25, 0.3) is 0 Å². The van der Waals surface area contributed by atoms with Crippen LogP contribution < -0.4 is 0 Å². The van der Waals surface area contributed by atoms with Crippen molar-refractivity contribution >= 4 is 10.0 Å². The van der Waals surface area contributed by atoms with Gasteiger partial charge in [-0.05, 0) is 37.6 Å². The molecule has 2 rings (SSSR count). The summed E-state index contributed by atoms with van der Waals surface area (Å²) in [4.78, 5) is 3.17. The van der Waals surface area contributed by atoms with Gasteiger partial charge in [-0.15, -0.1) is 0 Å². The van der Waals surface area contributed by atoms with E-state index in [4.69, 9.17) is 0 Å². The van der Waals surface area contributed by atoms with Gasteiger partial charge in [-0.1, -0.05) is 18.2 Å². The molecule has 0 aliphatic heterocycles. The molecular weight excluding hydrogens is 341 g/mol. The normalized spacial score (nSPS) is 12.8. The van der Waals surface area contributed by atoms with Gasteiger partial charge < -0.3 is 0 Å². The Balaban J connectivity index is 2.51. The summed E-state index contributed by atoms with van der Waals surface area (Å²) >= 11 is 0. The molecule has 0 saturated heterocycles. The molecule has 24 heavy (non-hydrogen) atoms. The van der Waals surface area contributed by atoms with Crippen LogP contribution >= 0.6 is 0 Å². The molecule has 0 N–H and O–H groups in total. The maximum absolute atomic E-state index is 13.2. The van der Waals surface area contributed by atoms with Crippen LogP contribution in [0.25, 0.3) is 0 Å². The van der Waals surface area contributed by atoms with Gasteiger partial charge >= 0.3 is 6.18 Å². The summed E-state index contributed by atoms with van der Waals surface area (Å²) in [5.74, 6) is 0. The molecular formula is C16H17F3N2O2S. The Morgan fingerprint density at radius 1 is 1.12 bits per heavy atom. The van der Waals surface area contributed by atoms with E-state index in [1.54, 1.807) is 26.0 Å². The second-order valence-corrected chi connectivity index (χ2v) is 7.36. The van der Waals surface area contributed by atoms with E-state index in [1.807, 2.05) is 0 Å². The number of aromatic nitrogens is 1. The Labute approximate surface area is 139 Å². The molecule has 1 aromatic carbocycles. The van der Waals surface area contributed by atoms with Crippen LogP contribution in [0, 0.1) is 0 Å². The molecule has 1 heterocycles. The van der Waals surface area contributed by atoms with Crippen molar-refractivity contribution in [3.8, 4) is 0 Å². The van der Waals surface area contributed by atoms with E-state index in [-0.39, 0.29) is 6.54 Å². The van der Waals surface area contributed by atoms with Crippen molar-refractivity contribution in [2.75, 3.05) is 0 Å². The largest absolute Gasteiger partial charge is 0.417 e. The number of rotatable bonds is 5. The topological polar surface area (TPSA) is 50.3 Å². The second kappa shape index (κ2) is 6.90. The van der Waals surface area contributed by atoms with E-state index >= 15 is 0 Å². The zero-order chi connectivity index (χ0) is 18.0. The van der Waals surface area contributed by atoms with Gasteiger partial charge in [0.1, 0.15) is 0 Å². The van der Waals surface area contributed by atoms with Crippen molar-refractivity contribution in [1.29, 1.82) is 0 Å². The molecule has 1 aromatic heterocycles. The number of benzene rings is 1. The van der Waals surface area contributed by atoms with E-state index < -0.39 is 32.7 Å². The van der Waals surface area contributed by atoms with E-state index in [0.29, 0.717) is 5.56 Å². The highest BCUT2D eigenvalue weighted by Crippen LogP contribution is 2.35. The molecule has 0 aliphatic carbocycles. The second-order valence-electron chi connectivity index (χ2n) is 5.50. The monoisotopic (exact) mass is 358 g/mol. The van der Waals surface area contributed by atoms with Crippen LogP contribution in [0.2, 0.25) is 0 Å². The zero-order valence-electron chi connectivity index (χ0n) is 13.2. The first kappa shape index (κ1) is 18.4. The molecule has 0 bridgehead atoms. The fraction of sp³-hybridized carbons (Fsp3) is 0.312. The van der Waals surface area contributed by atoms with Crippen molar-refractivity contribution < 1.29 is 21.6 Å². The average molecular weight is 358 g/mol. The Hall–Kier alpha value is -1.93. The van der Waals surface area contributed by atoms with Gasteiger partial charge in [-0.2, -0.15) is 17.5 Å². The molecule has 0 saturated carbocycles. The summed E-state index contributed by atoms with van der Waals surface area (Å²) in [5.41, 5.74) is -0.568. The molecule has 0 atom stereocenters. The van der Waals surface area contributed by atoms with E-state index in [1.165, 1.54) is 24.5 Å². The molecule has 0 amide bonds. The number of hydrogen-bond donors (Lipinski definition) is 0. The fourth-order valence-corrected chi connectivity index (χ4v) is 4.11. The first-order valence-electron chi connectivity index (χ1n) is 7.21. The summed E-state index contributed by atoms with van der Waals surface area (Å²) in [6.07, 6.45) is -1.72. The van der Waals surface area contributed by atoms with Crippen LogP contribution in [-0.4, -0.2) is 23.7 Å². The molecule has 0 aliphatic rings. The highest BCUT2D eigenvalue weighted by atomic mass is 32.2. The van der Waals surface area contributed by atoms with Gasteiger partial charge in [0.2, 0.25) is 10.0 Å². The highest BCUT2D eigenvalue weighted by molar-refractivity contribution is 7.89. The molecule has 0 fully saturated rings. The maximum Gasteiger partial charge on any atom is 0.417 e. The molecule has 130 valence electrons. The lowest BCUT2D eigenvalue weighted by molar-refractivity contribution is -0.139. The van der Waals surface area contributed by atoms with Crippen molar-refractivity contribution in [2.45, 2.75) is 37.5 Å². The Morgan fingerprint density at radius 2 is 1.79 bits per heavy atom. The van der Waals surface area contributed by atoms with E-state index in [0.717, 1.165) is 16.4 Å². The molecule has 8 heteroatoms. The summed E-state index contributed by atoms with van der Waals surface area (Å²) < 4.78 is 66.3. The molecule has 0 radical (unpaired) electrons. The van der Waals surface area contributed by atoms with Gasteiger partial charge in [0, 0.05) is 25.0 Å². The van der Waals surface area contributed by atoms with Crippen LogP contribution in [0.4, 0.5) is 13.2 Å². The van der Waals surface area contributed by atoms with Crippen LogP contribution in [0.3, 0.4) is 0 Å². The summed E-state index contributed by atoms with van der Waals surface area (Å²) in [5, 5.41) is 0. The quantitative estimate of drug-likeness (QED) is 0.819. The highest BCUT2D eigenvalue weighted by Gasteiger charge is 2.39. The fourth-order valence-electron chi connectivity index (χ4n) is 2.27. The first-order valence-corrected chi connectivity index (χ1v) is 8.65. The number of hydrogen-bond acceptors (Lipinski definition) is 3. The third-order valence-electron chi connectivity index (χ3n) is 3.42. The first-order chi connectivity index (χ1) is 11.1. The van der Waals surface area contributed by atoms with Gasteiger partial charge in [0.05, 0.1) is 10.5 Å². The number of sulfonamides is 1. The summed E-state index contributed by atoms with van der Waals surface area (Å²) in [7, 11) is -4.33. The minimum atomic E-state index is -4.75. The Bertz CT molecular complexity index is 790. The number of alkyl halides is 3. The average Bonchev–Trinajstić information content (AvgIpc) is 2.52. The molecule has 0 spiro atoms. The Kier molecular flexibility index (Phi) is 5.29. The lowest BCUT2D eigenvalue weighted by Crippen LogP contribution is -2.37. The summed E-state index contributed by atoms with van der Waals surface area (Å²) in [6.45, 7) is 3.17. The lowest BCUT2D eigenvalue weighted by Gasteiger charge is -2.27. The van der Waals surface area contributed by atoms with Crippen molar-refractivity contribution in [3.63, 3.8) is 0 Å². The van der Waals surface area contributed by atoms with Gasteiger partial charge in [-0.3, -0.25) is 4.98 Å². The third kappa shape index (κ3) is 3.93. The van der Waals surface area contributed by atoms with Crippen LogP contribution in [0.1, 0.15) is 25.0 Å². The molecule has 2 aromatic rings. The summed E-state index contributed by atoms with van der Waals surface area (Å²) in [6, 6.07) is 7.01. The van der Waals surface area contributed by atoms with Crippen LogP contribution in [0.5, 0.6) is 0 Å². The zero-order valence-corrected chi connectivity index (χ0v) is 14.0. The van der Waals surface area contributed by atoms with Crippen LogP contribution in [0.15, 0.2) is 53.7 Å². The van der Waals surface area contributed by atoms with Gasteiger partial charge in [0.15, 0.2) is 0 Å². The van der Waals surface area contributed by atoms with E-state index in [9.17, 15) is 21.6 Å². The number of halogens is 3. The minimum absolute atomic E-state index is 0.0555. The van der Waals surface area contributed by atoms with Crippen molar-refractivity contribution in [2.24, 2.45) is 0 Å². The number of pyridine rings is 1. The molecule has 4 nitrogen and oxygen atoms in total. The predicted molar refractivity (Wildman–Crippen MR) is 83.5 cm³/mol. The van der Waals surface area contributed by atoms with Crippen LogP contribution in [-0.2, 0) is 22.7 Å². The number of nitrogens with zero attached hydrogens (tertiary/aromatic N) is 2. The maximum atomic E-state index is 13.2. The molecule has 0 unspecified atom stereocenters.